The van der Waals surface area contributed by atoms with Crippen molar-refractivity contribution in [1.29, 1.82) is 0 Å². The molecule has 118 valence electrons. The molecule has 1 aliphatic heterocycles. The van der Waals surface area contributed by atoms with Crippen LogP contribution in [0.25, 0.3) is 0 Å². The van der Waals surface area contributed by atoms with E-state index >= 15 is 0 Å². The molecule has 4 nitrogen and oxygen atoms in total. The summed E-state index contributed by atoms with van der Waals surface area (Å²) in [7, 11) is -2.90. The lowest BCUT2D eigenvalue weighted by Crippen LogP contribution is -2.47. The average molecular weight is 375 g/mol. The summed E-state index contributed by atoms with van der Waals surface area (Å²) in [5, 5.41) is 0. The molecule has 2 rings (SSSR count). The van der Waals surface area contributed by atoms with E-state index in [0.29, 0.717) is 6.54 Å². The summed E-state index contributed by atoms with van der Waals surface area (Å²) < 4.78 is 24.5. The van der Waals surface area contributed by atoms with Crippen molar-refractivity contribution in [3.05, 3.63) is 28.2 Å². The summed E-state index contributed by atoms with van der Waals surface area (Å²) in [6.45, 7) is 4.61. The third-order valence-electron chi connectivity index (χ3n) is 4.03. The molecule has 6 heteroatoms. The van der Waals surface area contributed by atoms with Gasteiger partial charge in [0, 0.05) is 28.8 Å². The summed E-state index contributed by atoms with van der Waals surface area (Å²) in [6.07, 6.45) is 1.74. The molecule has 1 saturated heterocycles. The molecule has 0 saturated carbocycles. The number of nitrogens with two attached hydrogens (primary N) is 1. The van der Waals surface area contributed by atoms with Gasteiger partial charge in [0.1, 0.15) is 0 Å². The van der Waals surface area contributed by atoms with Crippen LogP contribution in [0.5, 0.6) is 0 Å². The SMILES string of the molecule is CCC(N)Cc1ccc(Br)cc1N1CCS(=O)(=O)CC1C. The van der Waals surface area contributed by atoms with Crippen LogP contribution in [0.1, 0.15) is 25.8 Å². The van der Waals surface area contributed by atoms with Crippen LogP contribution in [-0.4, -0.2) is 38.6 Å². The van der Waals surface area contributed by atoms with Crippen LogP contribution in [0.2, 0.25) is 0 Å². The molecule has 1 fully saturated rings. The Hall–Kier alpha value is -0.590. The number of hydrogen-bond acceptors (Lipinski definition) is 4. The van der Waals surface area contributed by atoms with Crippen molar-refractivity contribution in [3.63, 3.8) is 0 Å². The number of rotatable bonds is 4. The lowest BCUT2D eigenvalue weighted by molar-refractivity contribution is 0.566. The first kappa shape index (κ1) is 16.8. The van der Waals surface area contributed by atoms with Gasteiger partial charge < -0.3 is 10.6 Å². The van der Waals surface area contributed by atoms with E-state index in [1.807, 2.05) is 13.0 Å². The summed E-state index contributed by atoms with van der Waals surface area (Å²) in [5.74, 6) is 0.446. The fourth-order valence-electron chi connectivity index (χ4n) is 2.76. The van der Waals surface area contributed by atoms with Crippen molar-refractivity contribution in [3.8, 4) is 0 Å². The second kappa shape index (κ2) is 6.67. The predicted octanol–water partition coefficient (Wildman–Crippen LogP) is 2.35. The van der Waals surface area contributed by atoms with Crippen molar-refractivity contribution >= 4 is 31.5 Å². The minimum atomic E-state index is -2.90. The molecule has 1 heterocycles. The smallest absolute Gasteiger partial charge is 0.154 e. The quantitative estimate of drug-likeness (QED) is 0.878. The van der Waals surface area contributed by atoms with E-state index in [1.54, 1.807) is 0 Å². The van der Waals surface area contributed by atoms with Crippen LogP contribution in [-0.2, 0) is 16.3 Å². The van der Waals surface area contributed by atoms with Crippen molar-refractivity contribution < 1.29 is 8.42 Å². The minimum absolute atomic E-state index is 0.00495. The Morgan fingerprint density at radius 1 is 1.48 bits per heavy atom. The van der Waals surface area contributed by atoms with Crippen LogP contribution in [0.15, 0.2) is 22.7 Å². The third kappa shape index (κ3) is 4.20. The lowest BCUT2D eigenvalue weighted by atomic mass is 10.0. The monoisotopic (exact) mass is 374 g/mol. The third-order valence-corrected chi connectivity index (χ3v) is 6.32. The molecule has 2 N–H and O–H groups in total. The highest BCUT2D eigenvalue weighted by atomic mass is 79.9. The van der Waals surface area contributed by atoms with E-state index in [4.69, 9.17) is 5.73 Å². The maximum Gasteiger partial charge on any atom is 0.154 e. The Morgan fingerprint density at radius 2 is 2.19 bits per heavy atom. The molecule has 0 spiro atoms. The highest BCUT2D eigenvalue weighted by Gasteiger charge is 2.29. The number of hydrogen-bond donors (Lipinski definition) is 1. The standard InChI is InChI=1S/C15H23BrN2O2S/c1-3-14(17)8-12-4-5-13(16)9-15(12)18-6-7-21(19,20)10-11(18)2/h4-5,9,11,14H,3,6-8,10,17H2,1-2H3. The average Bonchev–Trinajstić information content (AvgIpc) is 2.40. The van der Waals surface area contributed by atoms with Gasteiger partial charge in [-0.25, -0.2) is 8.42 Å². The fraction of sp³-hybridized carbons (Fsp3) is 0.600. The molecular weight excluding hydrogens is 352 g/mol. The lowest BCUT2D eigenvalue weighted by Gasteiger charge is -2.36. The Labute approximate surface area is 135 Å². The highest BCUT2D eigenvalue weighted by molar-refractivity contribution is 9.10. The van der Waals surface area contributed by atoms with Crippen molar-refractivity contribution in [1.82, 2.24) is 0 Å². The van der Waals surface area contributed by atoms with Crippen LogP contribution >= 0.6 is 15.9 Å². The zero-order valence-electron chi connectivity index (χ0n) is 12.5. The topological polar surface area (TPSA) is 63.4 Å². The molecule has 1 aromatic carbocycles. The van der Waals surface area contributed by atoms with Crippen LogP contribution in [0.4, 0.5) is 5.69 Å². The van der Waals surface area contributed by atoms with Gasteiger partial charge in [-0.15, -0.1) is 0 Å². The highest BCUT2D eigenvalue weighted by Crippen LogP contribution is 2.30. The van der Waals surface area contributed by atoms with Crippen LogP contribution < -0.4 is 10.6 Å². The van der Waals surface area contributed by atoms with E-state index in [9.17, 15) is 8.42 Å². The first-order chi connectivity index (χ1) is 9.82. The molecule has 0 aromatic heterocycles. The molecule has 0 bridgehead atoms. The molecule has 0 amide bonds. The van der Waals surface area contributed by atoms with E-state index < -0.39 is 9.84 Å². The maximum absolute atomic E-state index is 11.8. The molecule has 2 unspecified atom stereocenters. The molecule has 1 aliphatic rings. The number of benzene rings is 1. The van der Waals surface area contributed by atoms with E-state index in [2.05, 4.69) is 39.9 Å². The van der Waals surface area contributed by atoms with Gasteiger partial charge in [-0.3, -0.25) is 0 Å². The van der Waals surface area contributed by atoms with Gasteiger partial charge in [0.05, 0.1) is 11.5 Å². The van der Waals surface area contributed by atoms with E-state index in [0.717, 1.165) is 23.0 Å². The maximum atomic E-state index is 11.8. The fourth-order valence-corrected chi connectivity index (χ4v) is 4.67. The Balaban J connectivity index is 2.31. The first-order valence-corrected chi connectivity index (χ1v) is 9.95. The Bertz CT molecular complexity index is 604. The minimum Gasteiger partial charge on any atom is -0.367 e. The molecule has 0 radical (unpaired) electrons. The summed E-state index contributed by atoms with van der Waals surface area (Å²) in [6, 6.07) is 6.31. The normalized spacial score (nSPS) is 23.0. The Morgan fingerprint density at radius 3 is 2.81 bits per heavy atom. The first-order valence-electron chi connectivity index (χ1n) is 7.33. The van der Waals surface area contributed by atoms with E-state index in [-0.39, 0.29) is 23.6 Å². The van der Waals surface area contributed by atoms with Crippen LogP contribution in [0.3, 0.4) is 0 Å². The largest absolute Gasteiger partial charge is 0.367 e. The second-order valence-corrected chi connectivity index (χ2v) is 8.95. The van der Waals surface area contributed by atoms with Gasteiger partial charge in [0.25, 0.3) is 0 Å². The van der Waals surface area contributed by atoms with Crippen molar-refractivity contribution in [2.24, 2.45) is 5.73 Å². The van der Waals surface area contributed by atoms with Crippen LogP contribution in [0, 0.1) is 0 Å². The van der Waals surface area contributed by atoms with Gasteiger partial charge >= 0.3 is 0 Å². The molecular formula is C15H23BrN2O2S. The van der Waals surface area contributed by atoms with Crippen molar-refractivity contribution in [2.75, 3.05) is 23.0 Å². The van der Waals surface area contributed by atoms with E-state index in [1.165, 1.54) is 5.56 Å². The Kier molecular flexibility index (Phi) is 5.33. The number of nitrogens with zero attached hydrogens (tertiary/aromatic N) is 1. The predicted molar refractivity (Wildman–Crippen MR) is 91.6 cm³/mol. The second-order valence-electron chi connectivity index (χ2n) is 5.80. The molecule has 2 atom stereocenters. The van der Waals surface area contributed by atoms with Gasteiger partial charge in [0.15, 0.2) is 9.84 Å². The van der Waals surface area contributed by atoms with Crippen molar-refractivity contribution in [2.45, 2.75) is 38.8 Å². The zero-order chi connectivity index (χ0) is 15.6. The molecule has 1 aromatic rings. The number of sulfone groups is 1. The summed E-state index contributed by atoms with van der Waals surface area (Å²) in [4.78, 5) is 2.20. The molecule has 0 aliphatic carbocycles. The summed E-state index contributed by atoms with van der Waals surface area (Å²) in [5.41, 5.74) is 8.39. The number of anilines is 1. The zero-order valence-corrected chi connectivity index (χ0v) is 15.0. The number of halogens is 1. The van der Waals surface area contributed by atoms with Gasteiger partial charge in [0.2, 0.25) is 0 Å². The van der Waals surface area contributed by atoms with Gasteiger partial charge in [-0.1, -0.05) is 28.9 Å². The molecule has 21 heavy (non-hydrogen) atoms. The van der Waals surface area contributed by atoms with Gasteiger partial charge in [-0.05, 0) is 37.5 Å². The summed E-state index contributed by atoms with van der Waals surface area (Å²) >= 11 is 3.51. The van der Waals surface area contributed by atoms with Gasteiger partial charge in [-0.2, -0.15) is 0 Å².